The summed E-state index contributed by atoms with van der Waals surface area (Å²) in [5.41, 5.74) is 0.156. The fourth-order valence-electron chi connectivity index (χ4n) is 4.02. The predicted octanol–water partition coefficient (Wildman–Crippen LogP) is 4.33. The van der Waals surface area contributed by atoms with Crippen molar-refractivity contribution in [2.45, 2.75) is 31.7 Å². The Morgan fingerprint density at radius 3 is 2.65 bits per heavy atom. The van der Waals surface area contributed by atoms with Gasteiger partial charge in [0.05, 0.1) is 16.6 Å². The lowest BCUT2D eigenvalue weighted by Crippen LogP contribution is -2.41. The first kappa shape index (κ1) is 23.4. The van der Waals surface area contributed by atoms with E-state index in [2.05, 4.69) is 10.3 Å². The summed E-state index contributed by atoms with van der Waals surface area (Å²) in [6, 6.07) is 9.25. The second kappa shape index (κ2) is 8.91. The standard InChI is InChI=1S/C23H20ClF2N5O3/c1-13(28-18-5-3-2-4-15(18)22(33)34)16-10-14(24)12-31-20(16)29-19(17(11-27)21(31)32)30-8-6-23(25,26)7-9-30/h2-5,10,12-13,28H,6-9H2,1H3,(H,33,34)/t13-/m1/s1. The third kappa shape index (κ3) is 4.39. The highest BCUT2D eigenvalue weighted by molar-refractivity contribution is 6.30. The van der Waals surface area contributed by atoms with Gasteiger partial charge in [-0.1, -0.05) is 23.7 Å². The number of carboxylic acid groups (broad SMARTS) is 1. The van der Waals surface area contributed by atoms with Crippen LogP contribution in [0.5, 0.6) is 0 Å². The molecule has 1 aliphatic rings. The van der Waals surface area contributed by atoms with E-state index in [0.717, 1.165) is 4.40 Å². The second-order valence-corrected chi connectivity index (χ2v) is 8.53. The molecule has 3 aromatic rings. The SMILES string of the molecule is C[C@@H](Nc1ccccc1C(=O)O)c1cc(Cl)cn2c(=O)c(C#N)c(N3CCC(F)(F)CC3)nc12. The van der Waals surface area contributed by atoms with E-state index in [0.29, 0.717) is 11.3 Å². The summed E-state index contributed by atoms with van der Waals surface area (Å²) in [7, 11) is 0. The van der Waals surface area contributed by atoms with Crippen molar-refractivity contribution in [2.24, 2.45) is 0 Å². The molecule has 3 heterocycles. The number of rotatable bonds is 5. The quantitative estimate of drug-likeness (QED) is 0.551. The van der Waals surface area contributed by atoms with Crippen molar-refractivity contribution in [3.8, 4) is 6.07 Å². The van der Waals surface area contributed by atoms with Gasteiger partial charge in [-0.15, -0.1) is 0 Å². The van der Waals surface area contributed by atoms with Gasteiger partial charge in [0.25, 0.3) is 11.5 Å². The zero-order chi connectivity index (χ0) is 24.6. The number of benzene rings is 1. The molecule has 2 N–H and O–H groups in total. The van der Waals surface area contributed by atoms with Crippen LogP contribution in [0.1, 0.15) is 47.3 Å². The number of fused-ring (bicyclic) bond motifs is 1. The number of halogens is 3. The Kier molecular flexibility index (Phi) is 6.15. The van der Waals surface area contributed by atoms with E-state index in [1.807, 2.05) is 6.07 Å². The maximum absolute atomic E-state index is 13.7. The Morgan fingerprint density at radius 2 is 2.00 bits per heavy atom. The van der Waals surface area contributed by atoms with Gasteiger partial charge >= 0.3 is 5.97 Å². The van der Waals surface area contributed by atoms with E-state index in [1.54, 1.807) is 31.2 Å². The molecule has 0 unspecified atom stereocenters. The molecule has 0 bridgehead atoms. The van der Waals surface area contributed by atoms with Crippen LogP contribution in [0.4, 0.5) is 20.3 Å². The monoisotopic (exact) mass is 487 g/mol. The van der Waals surface area contributed by atoms with Crippen molar-refractivity contribution in [1.82, 2.24) is 9.38 Å². The summed E-state index contributed by atoms with van der Waals surface area (Å²) in [5.74, 6) is -3.86. The lowest BCUT2D eigenvalue weighted by atomic mass is 10.1. The third-order valence-electron chi connectivity index (χ3n) is 5.80. The highest BCUT2D eigenvalue weighted by atomic mass is 35.5. The van der Waals surface area contributed by atoms with Crippen molar-refractivity contribution >= 4 is 34.7 Å². The molecule has 0 radical (unpaired) electrons. The lowest BCUT2D eigenvalue weighted by molar-refractivity contribution is -0.0221. The number of nitrogens with zero attached hydrogens (tertiary/aromatic N) is 4. The van der Waals surface area contributed by atoms with Gasteiger partial charge in [-0.25, -0.2) is 18.6 Å². The Balaban J connectivity index is 1.83. The van der Waals surface area contributed by atoms with Crippen LogP contribution in [-0.4, -0.2) is 39.5 Å². The Hall–Kier alpha value is -3.71. The first-order chi connectivity index (χ1) is 16.1. The normalized spacial score (nSPS) is 16.1. The Bertz CT molecular complexity index is 1380. The fraction of sp³-hybridized carbons (Fsp3) is 0.304. The molecular formula is C23H20ClF2N5O3. The molecule has 176 valence electrons. The van der Waals surface area contributed by atoms with Crippen LogP contribution < -0.4 is 15.8 Å². The maximum atomic E-state index is 13.7. The third-order valence-corrected chi connectivity index (χ3v) is 6.01. The van der Waals surface area contributed by atoms with Crippen molar-refractivity contribution in [1.29, 1.82) is 5.26 Å². The average Bonchev–Trinajstić information content (AvgIpc) is 2.79. The van der Waals surface area contributed by atoms with Gasteiger partial charge in [-0.2, -0.15) is 5.26 Å². The van der Waals surface area contributed by atoms with E-state index in [4.69, 9.17) is 11.6 Å². The molecule has 1 fully saturated rings. The maximum Gasteiger partial charge on any atom is 0.337 e. The number of hydrogen-bond acceptors (Lipinski definition) is 6. The van der Waals surface area contributed by atoms with Gasteiger partial charge < -0.3 is 15.3 Å². The highest BCUT2D eigenvalue weighted by Crippen LogP contribution is 2.32. The second-order valence-electron chi connectivity index (χ2n) is 8.09. The van der Waals surface area contributed by atoms with Gasteiger partial charge in [-0.05, 0) is 25.1 Å². The van der Waals surface area contributed by atoms with Crippen LogP contribution in [0, 0.1) is 11.3 Å². The molecule has 2 aromatic heterocycles. The average molecular weight is 488 g/mol. The fourth-order valence-corrected chi connectivity index (χ4v) is 4.23. The van der Waals surface area contributed by atoms with Crippen LogP contribution in [0.25, 0.3) is 5.65 Å². The number of piperidine rings is 1. The largest absolute Gasteiger partial charge is 0.478 e. The van der Waals surface area contributed by atoms with E-state index in [-0.39, 0.29) is 40.7 Å². The number of anilines is 2. The van der Waals surface area contributed by atoms with E-state index < -0.39 is 36.3 Å². The summed E-state index contributed by atoms with van der Waals surface area (Å²) in [6.45, 7) is 1.65. The van der Waals surface area contributed by atoms with E-state index >= 15 is 0 Å². The van der Waals surface area contributed by atoms with Crippen LogP contribution in [0.3, 0.4) is 0 Å². The molecule has 1 aromatic carbocycles. The first-order valence-corrected chi connectivity index (χ1v) is 10.9. The van der Waals surface area contributed by atoms with Gasteiger partial charge in [0.2, 0.25) is 0 Å². The molecule has 11 heteroatoms. The van der Waals surface area contributed by atoms with Gasteiger partial charge in [0.1, 0.15) is 11.7 Å². The number of hydrogen-bond donors (Lipinski definition) is 2. The topological polar surface area (TPSA) is 111 Å². The number of alkyl halides is 2. The molecule has 1 aliphatic heterocycles. The lowest BCUT2D eigenvalue weighted by Gasteiger charge is -2.33. The summed E-state index contributed by atoms with van der Waals surface area (Å²) in [6.07, 6.45) is 0.523. The van der Waals surface area contributed by atoms with Crippen LogP contribution >= 0.6 is 11.6 Å². The number of aromatic carboxylic acids is 1. The van der Waals surface area contributed by atoms with Crippen molar-refractivity contribution < 1.29 is 18.7 Å². The van der Waals surface area contributed by atoms with Crippen molar-refractivity contribution in [3.05, 3.63) is 68.6 Å². The molecule has 0 aliphatic carbocycles. The molecule has 0 amide bonds. The van der Waals surface area contributed by atoms with Gasteiger partial charge in [0.15, 0.2) is 11.4 Å². The molecule has 8 nitrogen and oxygen atoms in total. The van der Waals surface area contributed by atoms with Crippen molar-refractivity contribution in [3.63, 3.8) is 0 Å². The van der Waals surface area contributed by atoms with Gasteiger partial charge in [0, 0.05) is 43.4 Å². The smallest absolute Gasteiger partial charge is 0.337 e. The number of carboxylic acids is 1. The first-order valence-electron chi connectivity index (χ1n) is 10.5. The number of para-hydroxylation sites is 1. The van der Waals surface area contributed by atoms with E-state index in [1.165, 1.54) is 17.2 Å². The molecule has 0 saturated carbocycles. The molecule has 1 atom stereocenters. The molecule has 1 saturated heterocycles. The van der Waals surface area contributed by atoms with Crippen LogP contribution in [0.15, 0.2) is 41.3 Å². The molecule has 34 heavy (non-hydrogen) atoms. The summed E-state index contributed by atoms with van der Waals surface area (Å²) in [5, 5.41) is 22.4. The number of pyridine rings is 1. The zero-order valence-corrected chi connectivity index (χ0v) is 18.8. The van der Waals surface area contributed by atoms with Crippen LogP contribution in [-0.2, 0) is 0 Å². The summed E-state index contributed by atoms with van der Waals surface area (Å²) >= 11 is 6.25. The van der Waals surface area contributed by atoms with Crippen LogP contribution in [0.2, 0.25) is 5.02 Å². The Labute approximate surface area is 198 Å². The number of nitriles is 1. The Morgan fingerprint density at radius 1 is 1.32 bits per heavy atom. The predicted molar refractivity (Wildman–Crippen MR) is 123 cm³/mol. The minimum atomic E-state index is -2.80. The zero-order valence-electron chi connectivity index (χ0n) is 18.1. The number of nitrogens with one attached hydrogen (secondary N) is 1. The summed E-state index contributed by atoms with van der Waals surface area (Å²) < 4.78 is 28.5. The highest BCUT2D eigenvalue weighted by Gasteiger charge is 2.35. The number of aromatic nitrogens is 2. The minimum absolute atomic E-state index is 0.0460. The van der Waals surface area contributed by atoms with Gasteiger partial charge in [-0.3, -0.25) is 9.20 Å². The molecular weight excluding hydrogens is 468 g/mol. The number of carbonyl (C=O) groups is 1. The molecule has 0 spiro atoms. The van der Waals surface area contributed by atoms with Crippen molar-refractivity contribution in [2.75, 3.05) is 23.3 Å². The summed E-state index contributed by atoms with van der Waals surface area (Å²) in [4.78, 5) is 30.8. The van der Waals surface area contributed by atoms with E-state index in [9.17, 15) is 28.7 Å². The molecule has 4 rings (SSSR count). The minimum Gasteiger partial charge on any atom is -0.478 e.